The molecule has 3 heteroatoms. The van der Waals surface area contributed by atoms with E-state index in [1.54, 1.807) is 0 Å². The van der Waals surface area contributed by atoms with Gasteiger partial charge in [0.2, 0.25) is 0 Å². The molecule has 2 aliphatic carbocycles. The number of fused-ring (bicyclic) bond motifs is 2. The second-order valence-corrected chi connectivity index (χ2v) is 6.56. The summed E-state index contributed by atoms with van der Waals surface area (Å²) in [7, 11) is 0. The standard InChI is InChI=1S/C15H28N2O/c1-2-17(10-14-4-3-7-18-14)15(11-16)9-12-5-6-13(15)8-12/h12-14H,2-11,16H2,1H3. The monoisotopic (exact) mass is 252 g/mol. The van der Waals surface area contributed by atoms with Gasteiger partial charge in [-0.15, -0.1) is 0 Å². The van der Waals surface area contributed by atoms with E-state index in [-0.39, 0.29) is 0 Å². The van der Waals surface area contributed by atoms with Crippen LogP contribution >= 0.6 is 0 Å². The van der Waals surface area contributed by atoms with Crippen LogP contribution in [0.25, 0.3) is 0 Å². The molecule has 0 amide bonds. The van der Waals surface area contributed by atoms with Crippen LogP contribution in [0.5, 0.6) is 0 Å². The Balaban J connectivity index is 1.72. The Morgan fingerprint density at radius 2 is 2.22 bits per heavy atom. The second kappa shape index (κ2) is 5.10. The number of hydrogen-bond acceptors (Lipinski definition) is 3. The first-order chi connectivity index (χ1) is 8.78. The molecular weight excluding hydrogens is 224 g/mol. The zero-order valence-electron chi connectivity index (χ0n) is 11.7. The summed E-state index contributed by atoms with van der Waals surface area (Å²) in [5.74, 6) is 1.81. The molecule has 0 spiro atoms. The molecule has 3 aliphatic rings. The Bertz CT molecular complexity index is 290. The maximum absolute atomic E-state index is 6.22. The summed E-state index contributed by atoms with van der Waals surface area (Å²) >= 11 is 0. The van der Waals surface area contributed by atoms with Gasteiger partial charge in [-0.3, -0.25) is 4.90 Å². The molecule has 104 valence electrons. The van der Waals surface area contributed by atoms with E-state index in [0.29, 0.717) is 11.6 Å². The maximum Gasteiger partial charge on any atom is 0.0703 e. The van der Waals surface area contributed by atoms with Gasteiger partial charge in [-0.05, 0) is 50.5 Å². The molecule has 18 heavy (non-hydrogen) atoms. The van der Waals surface area contributed by atoms with Crippen LogP contribution in [0.3, 0.4) is 0 Å². The van der Waals surface area contributed by atoms with Gasteiger partial charge in [-0.1, -0.05) is 13.3 Å². The van der Waals surface area contributed by atoms with Crippen molar-refractivity contribution < 1.29 is 4.74 Å². The molecule has 0 aromatic heterocycles. The van der Waals surface area contributed by atoms with E-state index in [0.717, 1.165) is 38.1 Å². The smallest absolute Gasteiger partial charge is 0.0703 e. The third kappa shape index (κ3) is 2.00. The summed E-state index contributed by atoms with van der Waals surface area (Å²) in [5, 5.41) is 0. The third-order valence-corrected chi connectivity index (χ3v) is 5.76. The highest BCUT2D eigenvalue weighted by atomic mass is 16.5. The van der Waals surface area contributed by atoms with Crippen molar-refractivity contribution in [2.24, 2.45) is 17.6 Å². The average Bonchev–Trinajstić information content (AvgIpc) is 3.11. The van der Waals surface area contributed by atoms with Gasteiger partial charge in [-0.25, -0.2) is 0 Å². The second-order valence-electron chi connectivity index (χ2n) is 6.56. The molecule has 3 rings (SSSR count). The van der Waals surface area contributed by atoms with E-state index in [1.165, 1.54) is 38.5 Å². The lowest BCUT2D eigenvalue weighted by Gasteiger charge is -2.47. The van der Waals surface area contributed by atoms with Gasteiger partial charge in [0.25, 0.3) is 0 Å². The fraction of sp³-hybridized carbons (Fsp3) is 1.00. The van der Waals surface area contributed by atoms with Crippen molar-refractivity contribution in [2.45, 2.75) is 57.1 Å². The van der Waals surface area contributed by atoms with Crippen LogP contribution in [-0.2, 0) is 4.74 Å². The minimum absolute atomic E-state index is 0.309. The number of hydrogen-bond donors (Lipinski definition) is 1. The number of ether oxygens (including phenoxy) is 1. The quantitative estimate of drug-likeness (QED) is 0.813. The zero-order valence-corrected chi connectivity index (χ0v) is 11.7. The Hall–Kier alpha value is -0.120. The van der Waals surface area contributed by atoms with E-state index in [1.807, 2.05) is 0 Å². The van der Waals surface area contributed by atoms with Gasteiger partial charge in [-0.2, -0.15) is 0 Å². The highest BCUT2D eigenvalue weighted by molar-refractivity contribution is 5.08. The predicted octanol–water partition coefficient (Wildman–Crippen LogP) is 2.00. The lowest BCUT2D eigenvalue weighted by molar-refractivity contribution is -0.00231. The van der Waals surface area contributed by atoms with Crippen LogP contribution in [0.1, 0.15) is 45.4 Å². The summed E-state index contributed by atoms with van der Waals surface area (Å²) in [5.41, 5.74) is 6.53. The highest BCUT2D eigenvalue weighted by Crippen LogP contribution is 2.53. The van der Waals surface area contributed by atoms with E-state index in [2.05, 4.69) is 11.8 Å². The first-order valence-electron chi connectivity index (χ1n) is 7.85. The summed E-state index contributed by atoms with van der Waals surface area (Å²) in [6, 6.07) is 0. The normalized spacial score (nSPS) is 43.2. The van der Waals surface area contributed by atoms with Crippen molar-refractivity contribution in [2.75, 3.05) is 26.2 Å². The van der Waals surface area contributed by atoms with Gasteiger partial charge in [0.05, 0.1) is 6.10 Å². The molecule has 4 unspecified atom stereocenters. The number of nitrogens with zero attached hydrogens (tertiary/aromatic N) is 1. The summed E-state index contributed by atoms with van der Waals surface area (Å²) in [6.07, 6.45) is 8.57. The lowest BCUT2D eigenvalue weighted by atomic mass is 9.79. The molecule has 3 fully saturated rings. The fourth-order valence-corrected chi connectivity index (χ4v) is 4.84. The minimum Gasteiger partial charge on any atom is -0.377 e. The molecule has 1 aliphatic heterocycles. The van der Waals surface area contributed by atoms with Crippen LogP contribution < -0.4 is 5.73 Å². The van der Waals surface area contributed by atoms with E-state index in [9.17, 15) is 0 Å². The SMILES string of the molecule is CCN(CC1CCCO1)C1(CN)CC2CCC1C2. The van der Waals surface area contributed by atoms with Gasteiger partial charge < -0.3 is 10.5 Å². The van der Waals surface area contributed by atoms with E-state index < -0.39 is 0 Å². The van der Waals surface area contributed by atoms with E-state index >= 15 is 0 Å². The first kappa shape index (κ1) is 12.9. The van der Waals surface area contributed by atoms with Crippen molar-refractivity contribution in [3.05, 3.63) is 0 Å². The molecule has 0 radical (unpaired) electrons. The van der Waals surface area contributed by atoms with Crippen molar-refractivity contribution in [3.8, 4) is 0 Å². The predicted molar refractivity (Wildman–Crippen MR) is 73.5 cm³/mol. The van der Waals surface area contributed by atoms with Gasteiger partial charge in [0, 0.05) is 25.2 Å². The van der Waals surface area contributed by atoms with Crippen LogP contribution in [0.15, 0.2) is 0 Å². The van der Waals surface area contributed by atoms with Crippen molar-refractivity contribution in [1.29, 1.82) is 0 Å². The number of likely N-dealkylation sites (N-methyl/N-ethyl adjacent to an activating group) is 1. The van der Waals surface area contributed by atoms with Crippen molar-refractivity contribution >= 4 is 0 Å². The molecule has 2 saturated carbocycles. The molecule has 2 N–H and O–H groups in total. The Morgan fingerprint density at radius 1 is 1.33 bits per heavy atom. The summed E-state index contributed by atoms with van der Waals surface area (Å²) in [4.78, 5) is 2.67. The molecule has 3 nitrogen and oxygen atoms in total. The van der Waals surface area contributed by atoms with Crippen molar-refractivity contribution in [3.63, 3.8) is 0 Å². The number of rotatable bonds is 5. The van der Waals surface area contributed by atoms with Gasteiger partial charge in [0.1, 0.15) is 0 Å². The molecule has 2 bridgehead atoms. The molecule has 4 atom stereocenters. The van der Waals surface area contributed by atoms with Crippen LogP contribution in [0.4, 0.5) is 0 Å². The van der Waals surface area contributed by atoms with Gasteiger partial charge in [0.15, 0.2) is 0 Å². The minimum atomic E-state index is 0.309. The maximum atomic E-state index is 6.22. The van der Waals surface area contributed by atoms with Crippen molar-refractivity contribution in [1.82, 2.24) is 4.90 Å². The van der Waals surface area contributed by atoms with E-state index in [4.69, 9.17) is 10.5 Å². The molecule has 1 heterocycles. The highest BCUT2D eigenvalue weighted by Gasteiger charge is 2.53. The Kier molecular flexibility index (Phi) is 3.65. The Labute approximate surface area is 111 Å². The topological polar surface area (TPSA) is 38.5 Å². The molecular formula is C15H28N2O. The van der Waals surface area contributed by atoms with Gasteiger partial charge >= 0.3 is 0 Å². The first-order valence-corrected chi connectivity index (χ1v) is 7.85. The fourth-order valence-electron chi connectivity index (χ4n) is 4.84. The average molecular weight is 252 g/mol. The Morgan fingerprint density at radius 3 is 2.72 bits per heavy atom. The molecule has 0 aromatic carbocycles. The third-order valence-electron chi connectivity index (χ3n) is 5.76. The lowest BCUT2D eigenvalue weighted by Crippen LogP contribution is -2.58. The molecule has 1 saturated heterocycles. The number of nitrogens with two attached hydrogens (primary N) is 1. The summed E-state index contributed by atoms with van der Waals surface area (Å²) in [6.45, 7) is 6.33. The zero-order chi connectivity index (χ0) is 12.6. The van der Waals surface area contributed by atoms with Crippen LogP contribution in [0, 0.1) is 11.8 Å². The van der Waals surface area contributed by atoms with Crippen LogP contribution in [-0.4, -0.2) is 42.8 Å². The largest absolute Gasteiger partial charge is 0.377 e. The van der Waals surface area contributed by atoms with Crippen LogP contribution in [0.2, 0.25) is 0 Å². The molecule has 0 aromatic rings. The summed E-state index contributed by atoms with van der Waals surface area (Å²) < 4.78 is 5.83.